The van der Waals surface area contributed by atoms with E-state index in [1.54, 1.807) is 6.07 Å². The van der Waals surface area contributed by atoms with Crippen LogP contribution in [0, 0.1) is 5.82 Å². The van der Waals surface area contributed by atoms with Crippen LogP contribution in [0.2, 0.25) is 0 Å². The van der Waals surface area contributed by atoms with Gasteiger partial charge in [-0.1, -0.05) is 0 Å². The average molecular weight is 177 g/mol. The van der Waals surface area contributed by atoms with Gasteiger partial charge in [-0.15, -0.1) is 0 Å². The second-order valence-electron chi connectivity index (χ2n) is 2.91. The minimum absolute atomic E-state index is 0.0787. The van der Waals surface area contributed by atoms with E-state index < -0.39 is 0 Å². The number of phenolic OH excluding ortho intramolecular Hbond substituents is 1. The van der Waals surface area contributed by atoms with E-state index in [0.717, 1.165) is 0 Å². The molecule has 2 rings (SSSR count). The topological polar surface area (TPSA) is 46.2 Å². The molecular formula is C10H8FNO. The van der Waals surface area contributed by atoms with Gasteiger partial charge in [-0.3, -0.25) is 0 Å². The fourth-order valence-corrected chi connectivity index (χ4v) is 1.34. The molecule has 0 aromatic heterocycles. The minimum atomic E-state index is -0.336. The Balaban J connectivity index is 2.86. The Morgan fingerprint density at radius 3 is 2.69 bits per heavy atom. The molecule has 0 aliphatic heterocycles. The van der Waals surface area contributed by atoms with Crippen molar-refractivity contribution in [3.05, 3.63) is 36.1 Å². The van der Waals surface area contributed by atoms with Crippen LogP contribution in [0.1, 0.15) is 0 Å². The first-order valence-electron chi connectivity index (χ1n) is 3.84. The standard InChI is InChI=1S/C10H8FNO/c11-7-1-2-9-6(3-7)4-8(12)5-10(9)13/h1-5,13H,12H2. The van der Waals surface area contributed by atoms with Crippen molar-refractivity contribution >= 4 is 16.5 Å². The molecule has 0 fully saturated rings. The summed E-state index contributed by atoms with van der Waals surface area (Å²) in [5.74, 6) is -0.257. The van der Waals surface area contributed by atoms with Crippen LogP contribution in [0.3, 0.4) is 0 Å². The molecule has 0 saturated carbocycles. The van der Waals surface area contributed by atoms with Crippen LogP contribution in [0.4, 0.5) is 10.1 Å². The van der Waals surface area contributed by atoms with E-state index in [1.165, 1.54) is 24.3 Å². The third-order valence-corrected chi connectivity index (χ3v) is 1.92. The molecule has 0 amide bonds. The van der Waals surface area contributed by atoms with Gasteiger partial charge < -0.3 is 10.8 Å². The van der Waals surface area contributed by atoms with Gasteiger partial charge in [0.2, 0.25) is 0 Å². The van der Waals surface area contributed by atoms with E-state index in [1.807, 2.05) is 0 Å². The van der Waals surface area contributed by atoms with E-state index in [-0.39, 0.29) is 11.6 Å². The summed E-state index contributed by atoms with van der Waals surface area (Å²) >= 11 is 0. The van der Waals surface area contributed by atoms with Gasteiger partial charge in [0.15, 0.2) is 0 Å². The van der Waals surface area contributed by atoms with Crippen LogP contribution in [-0.4, -0.2) is 5.11 Å². The van der Waals surface area contributed by atoms with Crippen LogP contribution >= 0.6 is 0 Å². The lowest BCUT2D eigenvalue weighted by Gasteiger charge is -2.02. The van der Waals surface area contributed by atoms with Crippen molar-refractivity contribution in [3.8, 4) is 5.75 Å². The van der Waals surface area contributed by atoms with Gasteiger partial charge >= 0.3 is 0 Å². The highest BCUT2D eigenvalue weighted by Crippen LogP contribution is 2.27. The van der Waals surface area contributed by atoms with Crippen molar-refractivity contribution in [1.29, 1.82) is 0 Å². The van der Waals surface area contributed by atoms with E-state index in [2.05, 4.69) is 0 Å². The Bertz CT molecular complexity index is 462. The Kier molecular flexibility index (Phi) is 1.59. The average Bonchev–Trinajstić information content (AvgIpc) is 2.02. The summed E-state index contributed by atoms with van der Waals surface area (Å²) in [7, 11) is 0. The lowest BCUT2D eigenvalue weighted by Crippen LogP contribution is -1.85. The quantitative estimate of drug-likeness (QED) is 0.606. The predicted molar refractivity (Wildman–Crippen MR) is 50.0 cm³/mol. The molecule has 2 aromatic rings. The van der Waals surface area contributed by atoms with Gasteiger partial charge in [-0.05, 0) is 29.7 Å². The Labute approximate surface area is 74.4 Å². The first-order chi connectivity index (χ1) is 6.16. The molecule has 13 heavy (non-hydrogen) atoms. The van der Waals surface area contributed by atoms with Gasteiger partial charge in [-0.2, -0.15) is 0 Å². The summed E-state index contributed by atoms with van der Waals surface area (Å²) < 4.78 is 12.8. The normalized spacial score (nSPS) is 10.5. The van der Waals surface area contributed by atoms with E-state index in [0.29, 0.717) is 16.5 Å². The Morgan fingerprint density at radius 2 is 1.92 bits per heavy atom. The first kappa shape index (κ1) is 7.86. The molecule has 0 unspecified atom stereocenters. The number of benzene rings is 2. The number of phenols is 1. The van der Waals surface area contributed by atoms with Crippen molar-refractivity contribution in [1.82, 2.24) is 0 Å². The molecule has 2 aromatic carbocycles. The first-order valence-corrected chi connectivity index (χ1v) is 3.84. The molecule has 0 saturated heterocycles. The van der Waals surface area contributed by atoms with Gasteiger partial charge in [0, 0.05) is 17.1 Å². The number of aromatic hydroxyl groups is 1. The second kappa shape index (κ2) is 2.62. The lowest BCUT2D eigenvalue weighted by molar-refractivity contribution is 0.482. The smallest absolute Gasteiger partial charge is 0.125 e. The molecule has 66 valence electrons. The maximum atomic E-state index is 12.8. The van der Waals surface area contributed by atoms with Crippen LogP contribution in [-0.2, 0) is 0 Å². The van der Waals surface area contributed by atoms with E-state index in [9.17, 15) is 9.50 Å². The summed E-state index contributed by atoms with van der Waals surface area (Å²) in [6.45, 7) is 0. The van der Waals surface area contributed by atoms with E-state index in [4.69, 9.17) is 5.73 Å². The molecule has 3 N–H and O–H groups in total. The SMILES string of the molecule is Nc1cc(O)c2ccc(F)cc2c1. The third-order valence-electron chi connectivity index (χ3n) is 1.92. The van der Waals surface area contributed by atoms with Crippen LogP contribution < -0.4 is 5.73 Å². The highest BCUT2D eigenvalue weighted by molar-refractivity contribution is 5.90. The second-order valence-corrected chi connectivity index (χ2v) is 2.91. The van der Waals surface area contributed by atoms with E-state index >= 15 is 0 Å². The number of hydrogen-bond donors (Lipinski definition) is 2. The van der Waals surface area contributed by atoms with Crippen molar-refractivity contribution in [2.45, 2.75) is 0 Å². The van der Waals surface area contributed by atoms with Crippen LogP contribution in [0.15, 0.2) is 30.3 Å². The summed E-state index contributed by atoms with van der Waals surface area (Å²) in [6, 6.07) is 7.24. The molecule has 0 radical (unpaired) electrons. The van der Waals surface area contributed by atoms with Crippen molar-refractivity contribution in [2.24, 2.45) is 0 Å². The molecule has 3 heteroatoms. The van der Waals surface area contributed by atoms with Crippen LogP contribution in [0.5, 0.6) is 5.75 Å². The fourth-order valence-electron chi connectivity index (χ4n) is 1.34. The summed E-state index contributed by atoms with van der Waals surface area (Å²) in [5.41, 5.74) is 5.92. The van der Waals surface area contributed by atoms with Gasteiger partial charge in [0.1, 0.15) is 11.6 Å². The molecule has 2 nitrogen and oxygen atoms in total. The Morgan fingerprint density at radius 1 is 1.15 bits per heavy atom. The number of fused-ring (bicyclic) bond motifs is 1. The van der Waals surface area contributed by atoms with Gasteiger partial charge in [0.25, 0.3) is 0 Å². The molecule has 0 atom stereocenters. The molecule has 0 bridgehead atoms. The predicted octanol–water partition coefficient (Wildman–Crippen LogP) is 2.27. The number of rotatable bonds is 0. The van der Waals surface area contributed by atoms with Crippen molar-refractivity contribution in [3.63, 3.8) is 0 Å². The number of nitrogen functional groups attached to an aromatic ring is 1. The number of halogens is 1. The molecule has 0 aliphatic rings. The molecule has 0 heterocycles. The molecule has 0 aliphatic carbocycles. The monoisotopic (exact) mass is 177 g/mol. The van der Waals surface area contributed by atoms with Crippen molar-refractivity contribution in [2.75, 3.05) is 5.73 Å². The maximum absolute atomic E-state index is 12.8. The largest absolute Gasteiger partial charge is 0.507 e. The number of nitrogens with two attached hydrogens (primary N) is 1. The number of hydrogen-bond acceptors (Lipinski definition) is 2. The fraction of sp³-hybridized carbons (Fsp3) is 0. The number of anilines is 1. The van der Waals surface area contributed by atoms with Crippen LogP contribution in [0.25, 0.3) is 10.8 Å². The zero-order valence-electron chi connectivity index (χ0n) is 6.79. The van der Waals surface area contributed by atoms with Crippen molar-refractivity contribution < 1.29 is 9.50 Å². The lowest BCUT2D eigenvalue weighted by atomic mass is 10.1. The zero-order valence-corrected chi connectivity index (χ0v) is 6.79. The zero-order chi connectivity index (χ0) is 9.42. The minimum Gasteiger partial charge on any atom is -0.507 e. The summed E-state index contributed by atoms with van der Waals surface area (Å²) in [5, 5.41) is 10.7. The van der Waals surface area contributed by atoms with Gasteiger partial charge in [0.05, 0.1) is 0 Å². The highest BCUT2D eigenvalue weighted by Gasteiger charge is 2.01. The van der Waals surface area contributed by atoms with Gasteiger partial charge in [-0.25, -0.2) is 4.39 Å². The summed E-state index contributed by atoms with van der Waals surface area (Å²) in [4.78, 5) is 0. The Hall–Kier alpha value is -1.77. The highest BCUT2D eigenvalue weighted by atomic mass is 19.1. The molecular weight excluding hydrogens is 169 g/mol. The maximum Gasteiger partial charge on any atom is 0.125 e. The molecule has 0 spiro atoms. The summed E-state index contributed by atoms with van der Waals surface area (Å²) in [6.07, 6.45) is 0. The third kappa shape index (κ3) is 1.28.